The molecule has 0 saturated heterocycles. The number of alkyl halides is 3. The number of methoxy groups -OCH3 is 1. The highest BCUT2D eigenvalue weighted by molar-refractivity contribution is 6.11. The average molecular weight is 527 g/mol. The van der Waals surface area contributed by atoms with Crippen molar-refractivity contribution >= 4 is 22.5 Å². The Labute approximate surface area is 216 Å². The molecule has 0 spiro atoms. The Kier molecular flexibility index (Phi) is 7.72. The molecule has 1 N–H and O–H groups in total. The summed E-state index contributed by atoms with van der Waals surface area (Å²) >= 11 is 0. The number of fused-ring (bicyclic) bond motifs is 1. The van der Waals surface area contributed by atoms with E-state index in [2.05, 4.69) is 0 Å². The molecule has 1 aromatic heterocycles. The van der Waals surface area contributed by atoms with Crippen molar-refractivity contribution in [1.82, 2.24) is 4.57 Å². The van der Waals surface area contributed by atoms with E-state index >= 15 is 0 Å². The van der Waals surface area contributed by atoms with E-state index in [4.69, 9.17) is 9.47 Å². The molecule has 0 unspecified atom stereocenters. The van der Waals surface area contributed by atoms with Gasteiger partial charge in [-0.25, -0.2) is 0 Å². The number of aromatic hydroxyl groups is 1. The largest absolute Gasteiger partial charge is 0.506 e. The predicted octanol–water partition coefficient (Wildman–Crippen LogP) is 5.14. The lowest BCUT2D eigenvalue weighted by molar-refractivity contribution is -0.137. The minimum atomic E-state index is -4.56. The Morgan fingerprint density at radius 3 is 2.32 bits per heavy atom. The lowest BCUT2D eigenvalue weighted by atomic mass is 10.1. The summed E-state index contributed by atoms with van der Waals surface area (Å²) in [5.74, 6) is -1.22. The van der Waals surface area contributed by atoms with Gasteiger partial charge in [-0.05, 0) is 42.0 Å². The summed E-state index contributed by atoms with van der Waals surface area (Å²) in [6.07, 6.45) is -4.56. The van der Waals surface area contributed by atoms with Gasteiger partial charge in [-0.3, -0.25) is 9.59 Å². The number of anilines is 1. The number of aryl methyl sites for hydroxylation is 1. The van der Waals surface area contributed by atoms with E-state index in [1.165, 1.54) is 18.7 Å². The fourth-order valence-corrected chi connectivity index (χ4v) is 4.14. The standard InChI is InChI=1S/C28H25F3N2O5/c1-32-21-9-6-10-22(37-2)23(21)25(34)24(26(32)35)27(36)33(15-16-38-17-18-7-4-3-5-8-18)20-13-11-19(12-14-20)28(29,30)31/h3-14,34H,15-17H2,1-2H3. The zero-order valence-corrected chi connectivity index (χ0v) is 20.7. The molecular formula is C28H25F3N2O5. The Hall–Kier alpha value is -4.31. The molecule has 0 aliphatic carbocycles. The summed E-state index contributed by atoms with van der Waals surface area (Å²) < 4.78 is 51.6. The van der Waals surface area contributed by atoms with Crippen molar-refractivity contribution in [1.29, 1.82) is 0 Å². The van der Waals surface area contributed by atoms with Crippen LogP contribution >= 0.6 is 0 Å². The summed E-state index contributed by atoms with van der Waals surface area (Å²) in [5, 5.41) is 11.2. The zero-order chi connectivity index (χ0) is 27.4. The molecule has 0 saturated carbocycles. The lowest BCUT2D eigenvalue weighted by Gasteiger charge is -2.24. The van der Waals surface area contributed by atoms with Gasteiger partial charge in [0.25, 0.3) is 11.5 Å². The van der Waals surface area contributed by atoms with Gasteiger partial charge in [0, 0.05) is 19.3 Å². The molecule has 10 heteroatoms. The maximum atomic E-state index is 13.8. The number of benzene rings is 3. The van der Waals surface area contributed by atoms with Gasteiger partial charge < -0.3 is 24.0 Å². The van der Waals surface area contributed by atoms with Crippen LogP contribution in [0.3, 0.4) is 0 Å². The molecule has 3 aromatic carbocycles. The van der Waals surface area contributed by atoms with E-state index in [1.54, 1.807) is 18.2 Å². The number of halogens is 3. The van der Waals surface area contributed by atoms with Gasteiger partial charge in [0.15, 0.2) is 0 Å². The number of carbonyl (C=O) groups excluding carboxylic acids is 1. The number of hydrogen-bond donors (Lipinski definition) is 1. The fraction of sp³-hybridized carbons (Fsp3) is 0.214. The third kappa shape index (κ3) is 5.35. The Morgan fingerprint density at radius 2 is 1.68 bits per heavy atom. The molecule has 1 amide bonds. The second-order valence-corrected chi connectivity index (χ2v) is 8.48. The van der Waals surface area contributed by atoms with Crippen LogP contribution < -0.4 is 15.2 Å². The number of pyridine rings is 1. The molecular weight excluding hydrogens is 501 g/mol. The first kappa shape index (κ1) is 26.7. The monoisotopic (exact) mass is 526 g/mol. The fourth-order valence-electron chi connectivity index (χ4n) is 4.14. The third-order valence-electron chi connectivity index (χ3n) is 6.11. The van der Waals surface area contributed by atoms with E-state index in [-0.39, 0.29) is 36.6 Å². The van der Waals surface area contributed by atoms with E-state index in [0.717, 1.165) is 34.7 Å². The van der Waals surface area contributed by atoms with Crippen LogP contribution in [0.4, 0.5) is 18.9 Å². The second kappa shape index (κ2) is 11.0. The van der Waals surface area contributed by atoms with Crippen LogP contribution in [0.1, 0.15) is 21.5 Å². The molecule has 0 aliphatic heterocycles. The SMILES string of the molecule is COc1cccc2c1c(O)c(C(=O)N(CCOCc1ccccc1)c1ccc(C(F)(F)F)cc1)c(=O)n2C. The highest BCUT2D eigenvalue weighted by Crippen LogP contribution is 2.35. The smallest absolute Gasteiger partial charge is 0.416 e. The summed E-state index contributed by atoms with van der Waals surface area (Å²) in [6.45, 7) is 0.166. The summed E-state index contributed by atoms with van der Waals surface area (Å²) in [6, 6.07) is 18.1. The van der Waals surface area contributed by atoms with E-state index in [1.807, 2.05) is 30.3 Å². The highest BCUT2D eigenvalue weighted by Gasteiger charge is 2.32. The van der Waals surface area contributed by atoms with Crippen LogP contribution in [0.15, 0.2) is 77.6 Å². The molecule has 7 nitrogen and oxygen atoms in total. The number of hydrogen-bond acceptors (Lipinski definition) is 5. The van der Waals surface area contributed by atoms with Crippen LogP contribution in [-0.2, 0) is 24.6 Å². The first-order valence-corrected chi connectivity index (χ1v) is 11.6. The lowest BCUT2D eigenvalue weighted by Crippen LogP contribution is -2.38. The molecule has 38 heavy (non-hydrogen) atoms. The van der Waals surface area contributed by atoms with Crippen molar-refractivity contribution in [3.8, 4) is 11.5 Å². The van der Waals surface area contributed by atoms with Crippen molar-refractivity contribution in [2.45, 2.75) is 12.8 Å². The average Bonchev–Trinajstić information content (AvgIpc) is 2.91. The second-order valence-electron chi connectivity index (χ2n) is 8.48. The first-order valence-electron chi connectivity index (χ1n) is 11.6. The molecule has 198 valence electrons. The maximum absolute atomic E-state index is 13.8. The van der Waals surface area contributed by atoms with Crippen molar-refractivity contribution in [2.75, 3.05) is 25.2 Å². The van der Waals surface area contributed by atoms with Crippen molar-refractivity contribution in [3.63, 3.8) is 0 Å². The zero-order valence-electron chi connectivity index (χ0n) is 20.7. The molecule has 0 bridgehead atoms. The number of nitrogens with zero attached hydrogens (tertiary/aromatic N) is 2. The van der Waals surface area contributed by atoms with E-state index in [0.29, 0.717) is 5.52 Å². The Balaban J connectivity index is 1.73. The van der Waals surface area contributed by atoms with Gasteiger partial charge >= 0.3 is 6.18 Å². The first-order chi connectivity index (χ1) is 18.1. The number of ether oxygens (including phenoxy) is 2. The molecule has 0 atom stereocenters. The molecule has 0 aliphatic rings. The van der Waals surface area contributed by atoms with Crippen molar-refractivity contribution in [3.05, 3.63) is 99.8 Å². The highest BCUT2D eigenvalue weighted by atomic mass is 19.4. The normalized spacial score (nSPS) is 11.5. The van der Waals surface area contributed by atoms with Gasteiger partial charge in [-0.2, -0.15) is 13.2 Å². The van der Waals surface area contributed by atoms with E-state index in [9.17, 15) is 27.9 Å². The summed E-state index contributed by atoms with van der Waals surface area (Å²) in [5.41, 5.74) is -0.845. The summed E-state index contributed by atoms with van der Waals surface area (Å²) in [7, 11) is 2.84. The number of amides is 1. The van der Waals surface area contributed by atoms with Gasteiger partial charge in [-0.1, -0.05) is 36.4 Å². The number of aromatic nitrogens is 1. The maximum Gasteiger partial charge on any atom is 0.416 e. The van der Waals surface area contributed by atoms with Crippen LogP contribution in [0.5, 0.6) is 11.5 Å². The molecule has 1 heterocycles. The number of carbonyl (C=O) groups is 1. The Bertz CT molecular complexity index is 1500. The summed E-state index contributed by atoms with van der Waals surface area (Å²) in [4.78, 5) is 28.1. The van der Waals surface area contributed by atoms with Gasteiger partial charge in [0.05, 0.1) is 36.8 Å². The molecule has 4 aromatic rings. The van der Waals surface area contributed by atoms with Crippen LogP contribution in [0.2, 0.25) is 0 Å². The minimum Gasteiger partial charge on any atom is -0.506 e. The topological polar surface area (TPSA) is 81.0 Å². The van der Waals surface area contributed by atoms with Crippen molar-refractivity contribution < 1.29 is 32.5 Å². The molecule has 0 fully saturated rings. The van der Waals surface area contributed by atoms with E-state index < -0.39 is 34.5 Å². The molecule has 0 radical (unpaired) electrons. The third-order valence-corrected chi connectivity index (χ3v) is 6.11. The van der Waals surface area contributed by atoms with Gasteiger partial charge in [0.2, 0.25) is 0 Å². The van der Waals surface area contributed by atoms with Crippen LogP contribution in [0.25, 0.3) is 10.9 Å². The quantitative estimate of drug-likeness (QED) is 0.322. The van der Waals surface area contributed by atoms with Crippen LogP contribution in [0, 0.1) is 0 Å². The van der Waals surface area contributed by atoms with Gasteiger partial charge in [-0.15, -0.1) is 0 Å². The number of rotatable bonds is 8. The predicted molar refractivity (Wildman–Crippen MR) is 137 cm³/mol. The minimum absolute atomic E-state index is 0.0135. The van der Waals surface area contributed by atoms with Crippen molar-refractivity contribution in [2.24, 2.45) is 7.05 Å². The van der Waals surface area contributed by atoms with Gasteiger partial charge in [0.1, 0.15) is 17.1 Å². The Morgan fingerprint density at radius 1 is 1.00 bits per heavy atom. The molecule has 4 rings (SSSR count). The van der Waals surface area contributed by atoms with Crippen LogP contribution in [-0.4, -0.2) is 35.8 Å².